The highest BCUT2D eigenvalue weighted by molar-refractivity contribution is 6.77. The van der Waals surface area contributed by atoms with Crippen molar-refractivity contribution in [2.45, 2.75) is 102 Å². The van der Waals surface area contributed by atoms with Crippen LogP contribution < -0.4 is 19.1 Å². The molecule has 0 aromatic heterocycles. The van der Waals surface area contributed by atoms with E-state index in [4.69, 9.17) is 32.8 Å². The number of anilines is 1. The van der Waals surface area contributed by atoms with E-state index in [2.05, 4.69) is 41.5 Å². The van der Waals surface area contributed by atoms with Crippen LogP contribution in [0.3, 0.4) is 0 Å². The van der Waals surface area contributed by atoms with Crippen molar-refractivity contribution in [2.75, 3.05) is 58.1 Å². The SMILES string of the molecule is COCCCN1C(=O)COc2ccc(COC3CN(C(=O)OCc4ccccc4)CC(O[Si](C(C)C)(C(C)C)C(C)C)C3c3ccc(OCCCOc4cc(F)ccc4F)cc3)cc21. The second-order valence-corrected chi connectivity index (χ2v) is 22.9. The fourth-order valence-corrected chi connectivity index (χ4v) is 14.8. The van der Waals surface area contributed by atoms with Crippen LogP contribution >= 0.6 is 0 Å². The molecule has 3 atom stereocenters. The molecule has 0 saturated carbocycles. The van der Waals surface area contributed by atoms with Gasteiger partial charge in [-0.05, 0) is 76.1 Å². The number of carbonyl (C=O) groups is 2. The van der Waals surface area contributed by atoms with Gasteiger partial charge in [0.05, 0.1) is 44.3 Å². The molecule has 6 rings (SSSR count). The summed E-state index contributed by atoms with van der Waals surface area (Å²) >= 11 is 0. The van der Waals surface area contributed by atoms with Crippen molar-refractivity contribution in [3.05, 3.63) is 119 Å². The highest BCUT2D eigenvalue weighted by atomic mass is 28.4. The Balaban J connectivity index is 1.28. The monoisotopic (exact) mass is 902 g/mol. The molecule has 0 N–H and O–H groups in total. The standard InChI is InChI=1S/C50H64F2N2O9Si/c1-34(2)64(35(3)4,36(5)6)63-47-30-53(50(56)62-31-37-13-9-8-10-14-37)29-46(60-32-38-15-22-44-43(27-38)54(23-11-24-57-7)48(55)33-61-44)49(47)39-16-19-41(20-17-39)58-25-12-26-59-45-28-40(51)18-21-42(45)52/h8-10,13-22,27-28,34-36,46-47,49H,11-12,23-26,29-33H2,1-7H3. The highest BCUT2D eigenvalue weighted by Crippen LogP contribution is 2.46. The molecule has 346 valence electrons. The van der Waals surface area contributed by atoms with Crippen LogP contribution in [0.25, 0.3) is 0 Å². The summed E-state index contributed by atoms with van der Waals surface area (Å²) in [5.41, 5.74) is 4.21. The minimum absolute atomic E-state index is 0.0266. The zero-order valence-corrected chi connectivity index (χ0v) is 39.2. The first-order valence-corrected chi connectivity index (χ1v) is 24.5. The molecule has 11 nitrogen and oxygen atoms in total. The Kier molecular flexibility index (Phi) is 17.2. The van der Waals surface area contributed by atoms with Crippen molar-refractivity contribution in [1.82, 2.24) is 4.90 Å². The third kappa shape index (κ3) is 12.0. The van der Waals surface area contributed by atoms with Crippen LogP contribution in [0.5, 0.6) is 17.2 Å². The Labute approximate surface area is 378 Å². The number of ether oxygens (including phenoxy) is 6. The van der Waals surface area contributed by atoms with Crippen LogP contribution in [0, 0.1) is 11.6 Å². The maximum Gasteiger partial charge on any atom is 0.410 e. The van der Waals surface area contributed by atoms with Crippen LogP contribution in [0.4, 0.5) is 19.3 Å². The number of piperidine rings is 1. The lowest BCUT2D eigenvalue weighted by molar-refractivity contribution is -0.121. The van der Waals surface area contributed by atoms with Gasteiger partial charge in [0, 0.05) is 45.2 Å². The van der Waals surface area contributed by atoms with Gasteiger partial charge < -0.3 is 42.6 Å². The van der Waals surface area contributed by atoms with Crippen molar-refractivity contribution in [2.24, 2.45) is 0 Å². The van der Waals surface area contributed by atoms with Gasteiger partial charge in [0.2, 0.25) is 8.32 Å². The van der Waals surface area contributed by atoms with Gasteiger partial charge in [0.25, 0.3) is 5.91 Å². The van der Waals surface area contributed by atoms with Crippen molar-refractivity contribution in [1.29, 1.82) is 0 Å². The lowest BCUT2D eigenvalue weighted by atomic mass is 9.84. The van der Waals surface area contributed by atoms with Gasteiger partial charge in [0.1, 0.15) is 23.9 Å². The van der Waals surface area contributed by atoms with Crippen molar-refractivity contribution >= 4 is 26.0 Å². The molecule has 1 saturated heterocycles. The van der Waals surface area contributed by atoms with Crippen LogP contribution in [-0.4, -0.2) is 90.6 Å². The van der Waals surface area contributed by atoms with Crippen LogP contribution in [0.1, 0.15) is 77.0 Å². The van der Waals surface area contributed by atoms with Gasteiger partial charge in [0.15, 0.2) is 18.2 Å². The normalized spacial score (nSPS) is 17.8. The number of halogens is 2. The second-order valence-electron chi connectivity index (χ2n) is 17.5. The zero-order valence-electron chi connectivity index (χ0n) is 38.2. The second kappa shape index (κ2) is 22.7. The van der Waals surface area contributed by atoms with Gasteiger partial charge in [-0.15, -0.1) is 0 Å². The predicted molar refractivity (Wildman–Crippen MR) is 245 cm³/mol. The number of amides is 2. The number of rotatable bonds is 21. The molecular formula is C50H64F2N2O9Si. The molecule has 14 heteroatoms. The van der Waals surface area contributed by atoms with Crippen molar-refractivity contribution in [3.8, 4) is 17.2 Å². The average Bonchev–Trinajstić information content (AvgIpc) is 3.28. The fraction of sp³-hybridized carbons (Fsp3) is 0.480. The third-order valence-corrected chi connectivity index (χ3v) is 18.4. The van der Waals surface area contributed by atoms with Gasteiger partial charge in [-0.2, -0.15) is 0 Å². The van der Waals surface area contributed by atoms with Crippen molar-refractivity contribution in [3.63, 3.8) is 0 Å². The number of likely N-dealkylation sites (tertiary alicyclic amines) is 1. The number of carbonyl (C=O) groups excluding carboxylic acids is 2. The molecule has 64 heavy (non-hydrogen) atoms. The maximum atomic E-state index is 14.1. The molecule has 2 heterocycles. The Morgan fingerprint density at radius 1 is 0.781 bits per heavy atom. The van der Waals surface area contributed by atoms with E-state index in [0.717, 1.165) is 34.9 Å². The molecule has 1 fully saturated rings. The number of benzene rings is 4. The van der Waals surface area contributed by atoms with E-state index in [-0.39, 0.29) is 67.2 Å². The highest BCUT2D eigenvalue weighted by Gasteiger charge is 2.51. The lowest BCUT2D eigenvalue weighted by Crippen LogP contribution is -2.59. The van der Waals surface area contributed by atoms with E-state index < -0.39 is 38.3 Å². The lowest BCUT2D eigenvalue weighted by Gasteiger charge is -2.50. The van der Waals surface area contributed by atoms with E-state index in [1.165, 1.54) is 0 Å². The largest absolute Gasteiger partial charge is 0.493 e. The minimum atomic E-state index is -2.53. The van der Waals surface area contributed by atoms with Crippen molar-refractivity contribution < 1.29 is 51.2 Å². The first-order valence-electron chi connectivity index (χ1n) is 22.4. The molecule has 3 unspecified atom stereocenters. The predicted octanol–water partition coefficient (Wildman–Crippen LogP) is 10.5. The summed E-state index contributed by atoms with van der Waals surface area (Å²) in [5.74, 6) is -0.479. The van der Waals surface area contributed by atoms with Gasteiger partial charge in [-0.3, -0.25) is 4.79 Å². The summed E-state index contributed by atoms with van der Waals surface area (Å²) in [7, 11) is -0.888. The Bertz CT molecular complexity index is 2100. The summed E-state index contributed by atoms with van der Waals surface area (Å²) in [5, 5.41) is 0. The molecule has 0 bridgehead atoms. The number of fused-ring (bicyclic) bond motifs is 1. The quantitative estimate of drug-likeness (QED) is 0.0597. The molecule has 2 aliphatic heterocycles. The maximum absolute atomic E-state index is 14.1. The smallest absolute Gasteiger partial charge is 0.410 e. The fourth-order valence-electron chi connectivity index (χ4n) is 9.26. The molecule has 0 radical (unpaired) electrons. The van der Waals surface area contributed by atoms with Crippen LogP contribution in [0.2, 0.25) is 16.6 Å². The summed E-state index contributed by atoms with van der Waals surface area (Å²) in [4.78, 5) is 30.6. The van der Waals surface area contributed by atoms with Crippen LogP contribution in [0.15, 0.2) is 91.0 Å². The molecule has 2 aliphatic rings. The number of hydrogen-bond donors (Lipinski definition) is 0. The number of nitrogens with zero attached hydrogens (tertiary/aromatic N) is 2. The first-order chi connectivity index (χ1) is 30.8. The Morgan fingerprint density at radius 2 is 1.48 bits per heavy atom. The molecular weight excluding hydrogens is 839 g/mol. The summed E-state index contributed by atoms with van der Waals surface area (Å²) in [6, 6.07) is 26.4. The van der Waals surface area contributed by atoms with Gasteiger partial charge in [-0.25, -0.2) is 13.6 Å². The summed E-state index contributed by atoms with van der Waals surface area (Å²) < 4.78 is 70.8. The Morgan fingerprint density at radius 3 is 2.19 bits per heavy atom. The van der Waals surface area contributed by atoms with E-state index in [0.29, 0.717) is 56.3 Å². The number of hydrogen-bond acceptors (Lipinski definition) is 9. The topological polar surface area (TPSA) is 105 Å². The van der Waals surface area contributed by atoms with Gasteiger partial charge in [-0.1, -0.05) is 90.1 Å². The molecule has 4 aromatic carbocycles. The van der Waals surface area contributed by atoms with E-state index in [1.807, 2.05) is 72.8 Å². The summed E-state index contributed by atoms with van der Waals surface area (Å²) in [6.45, 7) is 15.8. The third-order valence-electron chi connectivity index (χ3n) is 12.3. The molecule has 4 aromatic rings. The minimum Gasteiger partial charge on any atom is -0.493 e. The number of methoxy groups -OCH3 is 1. The van der Waals surface area contributed by atoms with E-state index >= 15 is 0 Å². The summed E-state index contributed by atoms with van der Waals surface area (Å²) in [6.07, 6.45) is -0.296. The molecule has 0 aliphatic carbocycles. The van der Waals surface area contributed by atoms with E-state index in [9.17, 15) is 18.4 Å². The first kappa shape index (κ1) is 48.4. The van der Waals surface area contributed by atoms with Gasteiger partial charge >= 0.3 is 6.09 Å². The molecule has 0 spiro atoms. The Hall–Kier alpha value is -5.02. The van der Waals surface area contributed by atoms with Crippen LogP contribution in [-0.2, 0) is 36.6 Å². The van der Waals surface area contributed by atoms with E-state index in [1.54, 1.807) is 16.9 Å². The molecule has 2 amide bonds. The zero-order chi connectivity index (χ0) is 45.8. The average molecular weight is 903 g/mol.